The first-order chi connectivity index (χ1) is 11.0. The molecule has 23 heavy (non-hydrogen) atoms. The lowest BCUT2D eigenvalue weighted by Gasteiger charge is -2.08. The average Bonchev–Trinajstić information content (AvgIpc) is 2.54. The van der Waals surface area contributed by atoms with Crippen LogP contribution in [0.1, 0.15) is 15.9 Å². The highest BCUT2D eigenvalue weighted by molar-refractivity contribution is 6.33. The zero-order valence-electron chi connectivity index (χ0n) is 11.8. The Morgan fingerprint density at radius 1 is 1.09 bits per heavy atom. The van der Waals surface area contributed by atoms with Crippen LogP contribution in [0.2, 0.25) is 10.0 Å². The number of benzene rings is 2. The van der Waals surface area contributed by atoms with Gasteiger partial charge in [-0.3, -0.25) is 4.79 Å². The lowest BCUT2D eigenvalue weighted by molar-refractivity contribution is -0.124. The van der Waals surface area contributed by atoms with E-state index in [0.717, 1.165) is 0 Å². The van der Waals surface area contributed by atoms with Crippen LogP contribution in [0.5, 0.6) is 0 Å². The number of nitrogens with one attached hydrogen (secondary N) is 1. The SMILES string of the molecule is O=C(COC(=O)c1ccccc1Cl)NCc1ccc(F)c(Cl)c1. The second-order valence-corrected chi connectivity index (χ2v) is 5.40. The molecule has 0 saturated heterocycles. The van der Waals surface area contributed by atoms with Crippen molar-refractivity contribution in [2.24, 2.45) is 0 Å². The van der Waals surface area contributed by atoms with Gasteiger partial charge in [-0.1, -0.05) is 41.4 Å². The molecule has 0 saturated carbocycles. The molecule has 2 aromatic carbocycles. The van der Waals surface area contributed by atoms with Crippen molar-refractivity contribution < 1.29 is 18.7 Å². The van der Waals surface area contributed by atoms with E-state index in [2.05, 4.69) is 5.32 Å². The Labute approximate surface area is 142 Å². The highest BCUT2D eigenvalue weighted by Gasteiger charge is 2.13. The Balaban J connectivity index is 1.82. The molecule has 1 N–H and O–H groups in total. The Morgan fingerprint density at radius 3 is 2.52 bits per heavy atom. The normalized spacial score (nSPS) is 10.2. The van der Waals surface area contributed by atoms with E-state index in [-0.39, 0.29) is 22.2 Å². The van der Waals surface area contributed by atoms with Crippen molar-refractivity contribution in [2.75, 3.05) is 6.61 Å². The maximum atomic E-state index is 13.0. The number of rotatable bonds is 5. The smallest absolute Gasteiger partial charge is 0.340 e. The summed E-state index contributed by atoms with van der Waals surface area (Å²) in [7, 11) is 0. The molecule has 0 aliphatic carbocycles. The van der Waals surface area contributed by atoms with E-state index < -0.39 is 24.3 Å². The molecule has 0 heterocycles. The van der Waals surface area contributed by atoms with Crippen LogP contribution in [0.15, 0.2) is 42.5 Å². The summed E-state index contributed by atoms with van der Waals surface area (Å²) >= 11 is 11.5. The molecule has 1 amide bonds. The van der Waals surface area contributed by atoms with Crippen LogP contribution < -0.4 is 5.32 Å². The third-order valence-corrected chi connectivity index (χ3v) is 3.52. The van der Waals surface area contributed by atoms with Crippen molar-refractivity contribution in [2.45, 2.75) is 6.54 Å². The molecule has 120 valence electrons. The minimum absolute atomic E-state index is 0.0260. The van der Waals surface area contributed by atoms with Gasteiger partial charge >= 0.3 is 5.97 Å². The molecule has 4 nitrogen and oxygen atoms in total. The highest BCUT2D eigenvalue weighted by Crippen LogP contribution is 2.16. The maximum Gasteiger partial charge on any atom is 0.340 e. The van der Waals surface area contributed by atoms with E-state index in [1.807, 2.05) is 0 Å². The number of ether oxygens (including phenoxy) is 1. The summed E-state index contributed by atoms with van der Waals surface area (Å²) in [6, 6.07) is 10.5. The van der Waals surface area contributed by atoms with Gasteiger partial charge < -0.3 is 10.1 Å². The molecule has 2 aromatic rings. The van der Waals surface area contributed by atoms with Gasteiger partial charge in [-0.25, -0.2) is 9.18 Å². The van der Waals surface area contributed by atoms with Crippen molar-refractivity contribution in [1.82, 2.24) is 5.32 Å². The lowest BCUT2D eigenvalue weighted by Crippen LogP contribution is -2.28. The minimum Gasteiger partial charge on any atom is -0.452 e. The van der Waals surface area contributed by atoms with E-state index in [1.165, 1.54) is 24.3 Å². The molecule has 0 aromatic heterocycles. The first-order valence-corrected chi connectivity index (χ1v) is 7.35. The molecular weight excluding hydrogens is 344 g/mol. The molecule has 0 bridgehead atoms. The zero-order valence-corrected chi connectivity index (χ0v) is 13.3. The van der Waals surface area contributed by atoms with Crippen LogP contribution >= 0.6 is 23.2 Å². The first-order valence-electron chi connectivity index (χ1n) is 6.59. The number of carbonyl (C=O) groups excluding carboxylic acids is 2. The molecule has 0 unspecified atom stereocenters. The molecule has 2 rings (SSSR count). The van der Waals surface area contributed by atoms with Crippen molar-refractivity contribution in [3.8, 4) is 0 Å². The Kier molecular flexibility index (Phi) is 5.96. The van der Waals surface area contributed by atoms with Gasteiger partial charge in [-0.2, -0.15) is 0 Å². The van der Waals surface area contributed by atoms with Gasteiger partial charge in [0, 0.05) is 6.54 Å². The summed E-state index contributed by atoms with van der Waals surface area (Å²) in [4.78, 5) is 23.4. The van der Waals surface area contributed by atoms with Gasteiger partial charge in [0.15, 0.2) is 6.61 Å². The fourth-order valence-electron chi connectivity index (χ4n) is 1.74. The molecule has 7 heteroatoms. The van der Waals surface area contributed by atoms with Gasteiger partial charge in [-0.15, -0.1) is 0 Å². The van der Waals surface area contributed by atoms with Gasteiger partial charge in [0.05, 0.1) is 15.6 Å². The molecular formula is C16H12Cl2FNO3. The van der Waals surface area contributed by atoms with E-state index in [4.69, 9.17) is 27.9 Å². The van der Waals surface area contributed by atoms with Gasteiger partial charge in [-0.05, 0) is 29.8 Å². The second-order valence-electron chi connectivity index (χ2n) is 4.58. The summed E-state index contributed by atoms with van der Waals surface area (Å²) < 4.78 is 17.9. The van der Waals surface area contributed by atoms with Crippen molar-refractivity contribution >= 4 is 35.1 Å². The van der Waals surface area contributed by atoms with Crippen molar-refractivity contribution in [3.63, 3.8) is 0 Å². The second kappa shape index (κ2) is 7.94. The summed E-state index contributed by atoms with van der Waals surface area (Å²) in [5.41, 5.74) is 0.814. The quantitative estimate of drug-likeness (QED) is 0.833. The molecule has 0 spiro atoms. The van der Waals surface area contributed by atoms with Gasteiger partial charge in [0.1, 0.15) is 5.82 Å². The number of hydrogen-bond donors (Lipinski definition) is 1. The molecule has 0 atom stereocenters. The van der Waals surface area contributed by atoms with E-state index in [9.17, 15) is 14.0 Å². The number of amides is 1. The highest BCUT2D eigenvalue weighted by atomic mass is 35.5. The predicted molar refractivity (Wildman–Crippen MR) is 85.0 cm³/mol. The Morgan fingerprint density at radius 2 is 1.83 bits per heavy atom. The van der Waals surface area contributed by atoms with Crippen molar-refractivity contribution in [3.05, 3.63) is 69.5 Å². The number of hydrogen-bond acceptors (Lipinski definition) is 3. The molecule has 0 aliphatic heterocycles. The number of esters is 1. The van der Waals surface area contributed by atoms with Crippen LogP contribution in [0, 0.1) is 5.82 Å². The first kappa shape index (κ1) is 17.2. The Bertz CT molecular complexity index is 737. The summed E-state index contributed by atoms with van der Waals surface area (Å²) in [6.07, 6.45) is 0. The maximum absolute atomic E-state index is 13.0. The third kappa shape index (κ3) is 4.94. The summed E-state index contributed by atoms with van der Waals surface area (Å²) in [5, 5.41) is 2.76. The Hall–Kier alpha value is -2.11. The van der Waals surface area contributed by atoms with E-state index in [1.54, 1.807) is 18.2 Å². The number of carbonyl (C=O) groups is 2. The minimum atomic E-state index is -0.685. The fraction of sp³-hybridized carbons (Fsp3) is 0.125. The van der Waals surface area contributed by atoms with Crippen LogP contribution in [0.4, 0.5) is 4.39 Å². The number of halogens is 3. The van der Waals surface area contributed by atoms with Crippen LogP contribution in [0.3, 0.4) is 0 Å². The molecule has 0 radical (unpaired) electrons. The molecule has 0 fully saturated rings. The predicted octanol–water partition coefficient (Wildman–Crippen LogP) is 3.61. The van der Waals surface area contributed by atoms with Gasteiger partial charge in [0.25, 0.3) is 5.91 Å². The largest absolute Gasteiger partial charge is 0.452 e. The zero-order chi connectivity index (χ0) is 16.8. The third-order valence-electron chi connectivity index (χ3n) is 2.90. The van der Waals surface area contributed by atoms with E-state index in [0.29, 0.717) is 5.56 Å². The van der Waals surface area contributed by atoms with Crippen LogP contribution in [-0.4, -0.2) is 18.5 Å². The van der Waals surface area contributed by atoms with E-state index >= 15 is 0 Å². The van der Waals surface area contributed by atoms with Gasteiger partial charge in [0.2, 0.25) is 0 Å². The fourth-order valence-corrected chi connectivity index (χ4v) is 2.15. The average molecular weight is 356 g/mol. The van der Waals surface area contributed by atoms with Crippen LogP contribution in [0.25, 0.3) is 0 Å². The molecule has 0 aliphatic rings. The lowest BCUT2D eigenvalue weighted by atomic mass is 10.2. The summed E-state index contributed by atoms with van der Waals surface area (Å²) in [5.74, 6) is -1.71. The van der Waals surface area contributed by atoms with Crippen LogP contribution in [-0.2, 0) is 16.1 Å². The van der Waals surface area contributed by atoms with Crippen molar-refractivity contribution in [1.29, 1.82) is 0 Å². The summed E-state index contributed by atoms with van der Waals surface area (Å²) in [6.45, 7) is -0.304. The topological polar surface area (TPSA) is 55.4 Å². The standard InChI is InChI=1S/C16H12Cl2FNO3/c17-12-4-2-1-3-11(12)16(22)23-9-15(21)20-8-10-5-6-14(19)13(18)7-10/h1-7H,8-9H2,(H,20,21). The monoisotopic (exact) mass is 355 g/mol.